The Labute approximate surface area is 114 Å². The summed E-state index contributed by atoms with van der Waals surface area (Å²) in [6.45, 7) is 7.73. The van der Waals surface area contributed by atoms with E-state index >= 15 is 0 Å². The first-order chi connectivity index (χ1) is 8.67. The standard InChI is InChI=1S/C12H21NO5Si/c1-8-6-7-9(12(14)17-2)10(13(15)16)11(8)18-19(3,4)5/h6,9-11H,7H2,1-5H3/t9-,10+,11-/m0/s1. The SMILES string of the molecule is COC(=O)[C@H]1CC=C(C)[C@H](O[Si](C)(C)C)[C@@H]1[N+](=O)[O-]. The maximum absolute atomic E-state index is 11.7. The van der Waals surface area contributed by atoms with Crippen LogP contribution < -0.4 is 0 Å². The Kier molecular flexibility index (Phi) is 4.86. The van der Waals surface area contributed by atoms with E-state index < -0.39 is 37.3 Å². The number of ether oxygens (including phenoxy) is 1. The van der Waals surface area contributed by atoms with Gasteiger partial charge in [0.25, 0.3) is 6.04 Å². The molecule has 0 saturated carbocycles. The first kappa shape index (κ1) is 15.8. The first-order valence-electron chi connectivity index (χ1n) is 6.23. The van der Waals surface area contributed by atoms with Gasteiger partial charge in [-0.25, -0.2) is 0 Å². The molecular weight excluding hydrogens is 266 g/mol. The highest BCUT2D eigenvalue weighted by molar-refractivity contribution is 6.69. The van der Waals surface area contributed by atoms with Gasteiger partial charge < -0.3 is 9.16 Å². The molecule has 0 heterocycles. The summed E-state index contributed by atoms with van der Waals surface area (Å²) >= 11 is 0. The lowest BCUT2D eigenvalue weighted by Crippen LogP contribution is -2.51. The number of methoxy groups -OCH3 is 1. The molecule has 0 saturated heterocycles. The highest BCUT2D eigenvalue weighted by Crippen LogP contribution is 2.31. The number of esters is 1. The van der Waals surface area contributed by atoms with E-state index in [0.717, 1.165) is 5.57 Å². The van der Waals surface area contributed by atoms with E-state index in [1.54, 1.807) is 0 Å². The average Bonchev–Trinajstić information content (AvgIpc) is 2.28. The molecule has 3 atom stereocenters. The van der Waals surface area contributed by atoms with E-state index in [1.165, 1.54) is 7.11 Å². The number of allylic oxidation sites excluding steroid dienone is 1. The third kappa shape index (κ3) is 3.87. The zero-order valence-electron chi connectivity index (χ0n) is 12.0. The number of rotatable bonds is 4. The summed E-state index contributed by atoms with van der Waals surface area (Å²) in [5.74, 6) is -1.32. The molecule has 0 aliphatic heterocycles. The van der Waals surface area contributed by atoms with Gasteiger partial charge in [0.2, 0.25) is 0 Å². The van der Waals surface area contributed by atoms with E-state index in [2.05, 4.69) is 4.74 Å². The van der Waals surface area contributed by atoms with E-state index in [0.29, 0.717) is 6.42 Å². The molecule has 0 radical (unpaired) electrons. The summed E-state index contributed by atoms with van der Waals surface area (Å²) < 4.78 is 10.6. The van der Waals surface area contributed by atoms with Crippen LogP contribution in [-0.2, 0) is 14.0 Å². The Balaban J connectivity index is 3.10. The normalized spacial score (nSPS) is 27.6. The lowest BCUT2D eigenvalue weighted by atomic mass is 9.83. The smallest absolute Gasteiger partial charge is 0.316 e. The highest BCUT2D eigenvalue weighted by Gasteiger charge is 2.48. The molecule has 0 fully saturated rings. The van der Waals surface area contributed by atoms with Gasteiger partial charge in [0, 0.05) is 4.92 Å². The molecule has 0 aromatic heterocycles. The molecule has 0 amide bonds. The maximum atomic E-state index is 11.7. The molecule has 0 bridgehead atoms. The summed E-state index contributed by atoms with van der Waals surface area (Å²) in [4.78, 5) is 22.6. The van der Waals surface area contributed by atoms with Crippen LogP contribution in [0.5, 0.6) is 0 Å². The van der Waals surface area contributed by atoms with E-state index in [4.69, 9.17) is 4.43 Å². The molecule has 1 aliphatic rings. The van der Waals surface area contributed by atoms with Crippen molar-refractivity contribution in [1.82, 2.24) is 0 Å². The first-order valence-corrected chi connectivity index (χ1v) is 9.64. The van der Waals surface area contributed by atoms with Gasteiger partial charge in [-0.05, 0) is 38.6 Å². The van der Waals surface area contributed by atoms with Crippen molar-refractivity contribution < 1.29 is 18.9 Å². The van der Waals surface area contributed by atoms with Gasteiger partial charge in [-0.2, -0.15) is 0 Å². The largest absolute Gasteiger partial charge is 0.469 e. The van der Waals surface area contributed by atoms with Crippen molar-refractivity contribution >= 4 is 14.3 Å². The van der Waals surface area contributed by atoms with Crippen LogP contribution in [0.4, 0.5) is 0 Å². The van der Waals surface area contributed by atoms with Gasteiger partial charge in [-0.1, -0.05) is 6.08 Å². The van der Waals surface area contributed by atoms with Crippen LogP contribution in [0.3, 0.4) is 0 Å². The van der Waals surface area contributed by atoms with Gasteiger partial charge in [-0.3, -0.25) is 14.9 Å². The molecule has 0 N–H and O–H groups in total. The lowest BCUT2D eigenvalue weighted by Gasteiger charge is -2.34. The minimum absolute atomic E-state index is 0.329. The third-order valence-corrected chi connectivity index (χ3v) is 4.05. The summed E-state index contributed by atoms with van der Waals surface area (Å²) in [5.41, 5.74) is 0.823. The van der Waals surface area contributed by atoms with E-state index in [1.807, 2.05) is 32.6 Å². The molecule has 7 heteroatoms. The molecular formula is C12H21NO5Si. The monoisotopic (exact) mass is 287 g/mol. The number of nitro groups is 1. The van der Waals surface area contributed by atoms with Crippen molar-refractivity contribution in [3.05, 3.63) is 21.8 Å². The van der Waals surface area contributed by atoms with Gasteiger partial charge in [0.1, 0.15) is 12.0 Å². The number of hydrogen-bond acceptors (Lipinski definition) is 5. The third-order valence-electron chi connectivity index (χ3n) is 3.09. The van der Waals surface area contributed by atoms with Crippen LogP contribution in [-0.4, -0.2) is 38.5 Å². The van der Waals surface area contributed by atoms with Crippen LogP contribution in [0.25, 0.3) is 0 Å². The zero-order valence-corrected chi connectivity index (χ0v) is 13.0. The summed E-state index contributed by atoms with van der Waals surface area (Å²) in [7, 11) is -0.697. The van der Waals surface area contributed by atoms with E-state index in [9.17, 15) is 14.9 Å². The molecule has 108 valence electrons. The average molecular weight is 287 g/mol. The van der Waals surface area contributed by atoms with Crippen LogP contribution in [0.1, 0.15) is 13.3 Å². The van der Waals surface area contributed by atoms with Crippen LogP contribution in [0, 0.1) is 16.0 Å². The zero-order chi connectivity index (χ0) is 14.8. The number of carbonyl (C=O) groups excluding carboxylic acids is 1. The van der Waals surface area contributed by atoms with Gasteiger partial charge in [-0.15, -0.1) is 0 Å². The molecule has 0 aromatic rings. The van der Waals surface area contributed by atoms with Gasteiger partial charge in [0.05, 0.1) is 7.11 Å². The summed E-state index contributed by atoms with van der Waals surface area (Å²) in [6, 6.07) is -1.07. The quantitative estimate of drug-likeness (QED) is 0.260. The minimum Gasteiger partial charge on any atom is -0.469 e. The van der Waals surface area contributed by atoms with Crippen molar-refractivity contribution in [3.63, 3.8) is 0 Å². The van der Waals surface area contributed by atoms with Crippen LogP contribution >= 0.6 is 0 Å². The predicted molar refractivity (Wildman–Crippen MR) is 72.9 cm³/mol. The fourth-order valence-electron chi connectivity index (χ4n) is 2.24. The van der Waals surface area contributed by atoms with Crippen LogP contribution in [0.15, 0.2) is 11.6 Å². The number of hydrogen-bond donors (Lipinski definition) is 0. The second-order valence-corrected chi connectivity index (χ2v) is 10.2. The molecule has 1 rings (SSSR count). The van der Waals surface area contributed by atoms with Crippen molar-refractivity contribution in [3.8, 4) is 0 Å². The second kappa shape index (κ2) is 5.83. The maximum Gasteiger partial charge on any atom is 0.316 e. The Morgan fingerprint density at radius 3 is 2.47 bits per heavy atom. The van der Waals surface area contributed by atoms with Crippen molar-refractivity contribution in [2.24, 2.45) is 5.92 Å². The summed E-state index contributed by atoms with van der Waals surface area (Å²) in [6.07, 6.45) is 1.53. The minimum atomic E-state index is -1.95. The van der Waals surface area contributed by atoms with Crippen molar-refractivity contribution in [2.45, 2.75) is 45.1 Å². The fourth-order valence-corrected chi connectivity index (χ4v) is 3.32. The molecule has 0 spiro atoms. The Morgan fingerprint density at radius 1 is 1.47 bits per heavy atom. The van der Waals surface area contributed by atoms with Gasteiger partial charge in [0.15, 0.2) is 8.32 Å². The Hall–Kier alpha value is -1.21. The van der Waals surface area contributed by atoms with E-state index in [-0.39, 0.29) is 0 Å². The molecule has 1 aliphatic carbocycles. The predicted octanol–water partition coefficient (Wildman–Crippen LogP) is 1.99. The molecule has 6 nitrogen and oxygen atoms in total. The van der Waals surface area contributed by atoms with Crippen LogP contribution in [0.2, 0.25) is 19.6 Å². The van der Waals surface area contributed by atoms with Crippen molar-refractivity contribution in [2.75, 3.05) is 7.11 Å². The van der Waals surface area contributed by atoms with Gasteiger partial charge >= 0.3 is 5.97 Å². The molecule has 0 aromatic carbocycles. The lowest BCUT2D eigenvalue weighted by molar-refractivity contribution is -0.539. The summed E-state index contributed by atoms with van der Waals surface area (Å²) in [5, 5.41) is 11.3. The molecule has 0 unspecified atom stereocenters. The topological polar surface area (TPSA) is 78.7 Å². The fraction of sp³-hybridized carbons (Fsp3) is 0.750. The number of carbonyl (C=O) groups is 1. The molecule has 19 heavy (non-hydrogen) atoms. The Bertz CT molecular complexity index is 401. The second-order valence-electron chi connectivity index (χ2n) is 5.74. The van der Waals surface area contributed by atoms with Crippen molar-refractivity contribution in [1.29, 1.82) is 0 Å². The highest BCUT2D eigenvalue weighted by atomic mass is 28.4. The Morgan fingerprint density at radius 2 is 2.05 bits per heavy atom. The number of nitrogens with zero attached hydrogens (tertiary/aromatic N) is 1.